The third kappa shape index (κ3) is 6.37. The molecule has 1 aromatic heterocycles. The molecule has 0 atom stereocenters. The van der Waals surface area contributed by atoms with E-state index in [4.69, 9.17) is 10.5 Å². The zero-order valence-electron chi connectivity index (χ0n) is 20.5. The summed E-state index contributed by atoms with van der Waals surface area (Å²) < 4.78 is 73.4. The summed E-state index contributed by atoms with van der Waals surface area (Å²) in [6.45, 7) is 0. The molecular weight excluding hydrogens is 529 g/mol. The Morgan fingerprint density at radius 1 is 1.03 bits per heavy atom. The zero-order valence-corrected chi connectivity index (χ0v) is 21.3. The quantitative estimate of drug-likeness (QED) is 0.214. The zero-order chi connectivity index (χ0) is 28.2. The molecule has 0 aliphatic heterocycles. The molecule has 3 aromatic carbocycles. The van der Waals surface area contributed by atoms with Crippen LogP contribution in [0.2, 0.25) is 0 Å². The fraction of sp³-hybridized carbons (Fsp3) is 0.0714. The number of nitrogens with two attached hydrogens (primary N) is 1. The van der Waals surface area contributed by atoms with Gasteiger partial charge < -0.3 is 10.5 Å². The van der Waals surface area contributed by atoms with Crippen LogP contribution in [0.4, 0.5) is 24.5 Å². The predicted octanol–water partition coefficient (Wildman–Crippen LogP) is 5.71. The van der Waals surface area contributed by atoms with Gasteiger partial charge in [0.15, 0.2) is 0 Å². The molecule has 7 nitrogen and oxygen atoms in total. The predicted molar refractivity (Wildman–Crippen MR) is 141 cm³/mol. The fourth-order valence-electron chi connectivity index (χ4n) is 3.73. The topological polar surface area (TPSA) is 118 Å². The van der Waals surface area contributed by atoms with Crippen molar-refractivity contribution in [3.8, 4) is 23.2 Å². The number of ether oxygens (including phenoxy) is 1. The van der Waals surface area contributed by atoms with E-state index in [9.17, 15) is 26.9 Å². The Hall–Kier alpha value is -4.82. The molecule has 198 valence electrons. The first kappa shape index (κ1) is 27.2. The lowest BCUT2D eigenvalue weighted by Crippen LogP contribution is -2.15. The maximum atomic E-state index is 14.1. The average Bonchev–Trinajstić information content (AvgIpc) is 2.90. The number of hydrogen-bond donors (Lipinski definition) is 2. The summed E-state index contributed by atoms with van der Waals surface area (Å²) in [6.07, 6.45) is 1.84. The number of allylic oxidation sites excluding steroid dienone is 1. The Morgan fingerprint density at radius 3 is 2.41 bits per heavy atom. The molecule has 0 fully saturated rings. The number of nitrogens with zero attached hydrogens (tertiary/aromatic N) is 2. The number of pyridine rings is 1. The highest BCUT2D eigenvalue weighted by Crippen LogP contribution is 2.31. The molecule has 3 N–H and O–H groups in total. The van der Waals surface area contributed by atoms with E-state index in [1.54, 1.807) is 36.4 Å². The van der Waals surface area contributed by atoms with Crippen molar-refractivity contribution in [1.29, 1.82) is 5.26 Å². The van der Waals surface area contributed by atoms with Crippen molar-refractivity contribution in [3.05, 3.63) is 107 Å². The lowest BCUT2D eigenvalue weighted by atomic mass is 9.98. The normalized spacial score (nSPS) is 11.6. The lowest BCUT2D eigenvalue weighted by Gasteiger charge is -2.14. The molecule has 0 aliphatic rings. The van der Waals surface area contributed by atoms with Crippen molar-refractivity contribution in [2.45, 2.75) is 11.3 Å². The van der Waals surface area contributed by atoms with E-state index in [2.05, 4.69) is 15.8 Å². The van der Waals surface area contributed by atoms with Gasteiger partial charge in [0.25, 0.3) is 10.0 Å². The van der Waals surface area contributed by atoms with Gasteiger partial charge in [-0.3, -0.25) is 4.72 Å². The molecule has 0 spiro atoms. The number of nitrogen functional groups attached to an aromatic ring is 1. The number of nitriles is 1. The van der Waals surface area contributed by atoms with Gasteiger partial charge in [0.05, 0.1) is 18.9 Å². The van der Waals surface area contributed by atoms with Crippen LogP contribution in [-0.4, -0.2) is 20.5 Å². The van der Waals surface area contributed by atoms with Crippen LogP contribution in [0, 0.1) is 28.8 Å². The van der Waals surface area contributed by atoms with Crippen molar-refractivity contribution in [3.63, 3.8) is 0 Å². The van der Waals surface area contributed by atoms with E-state index < -0.39 is 26.6 Å². The van der Waals surface area contributed by atoms with Crippen LogP contribution >= 0.6 is 0 Å². The van der Waals surface area contributed by atoms with Crippen molar-refractivity contribution >= 4 is 27.5 Å². The smallest absolute Gasteiger partial charge is 0.264 e. The Labute approximate surface area is 223 Å². The maximum absolute atomic E-state index is 14.1. The van der Waals surface area contributed by atoms with Gasteiger partial charge in [-0.15, -0.1) is 0 Å². The maximum Gasteiger partial charge on any atom is 0.264 e. The van der Waals surface area contributed by atoms with Crippen LogP contribution < -0.4 is 15.2 Å². The molecule has 4 rings (SSSR count). The summed E-state index contributed by atoms with van der Waals surface area (Å²) in [7, 11) is -3.13. The summed E-state index contributed by atoms with van der Waals surface area (Å²) in [5, 5.41) is 9.63. The van der Waals surface area contributed by atoms with Gasteiger partial charge >= 0.3 is 0 Å². The Kier molecular flexibility index (Phi) is 7.88. The minimum atomic E-state index is -4.41. The van der Waals surface area contributed by atoms with Crippen LogP contribution in [0.5, 0.6) is 5.88 Å². The van der Waals surface area contributed by atoms with E-state index in [1.165, 1.54) is 31.4 Å². The molecule has 0 saturated heterocycles. The largest absolute Gasteiger partial charge is 0.479 e. The summed E-state index contributed by atoms with van der Waals surface area (Å²) in [6, 6.07) is 18.0. The molecule has 0 amide bonds. The first-order valence-electron chi connectivity index (χ1n) is 11.4. The third-order valence-electron chi connectivity index (χ3n) is 5.66. The molecule has 0 unspecified atom stereocenters. The first-order valence-corrected chi connectivity index (χ1v) is 12.9. The molecule has 0 bridgehead atoms. The highest BCUT2D eigenvalue weighted by atomic mass is 32.2. The van der Waals surface area contributed by atoms with Crippen molar-refractivity contribution < 1.29 is 26.3 Å². The van der Waals surface area contributed by atoms with Crippen molar-refractivity contribution in [2.24, 2.45) is 0 Å². The van der Waals surface area contributed by atoms with Gasteiger partial charge in [-0.05, 0) is 65.7 Å². The van der Waals surface area contributed by atoms with E-state index in [0.717, 1.165) is 12.1 Å². The molecule has 0 saturated carbocycles. The number of rotatable bonds is 8. The molecule has 39 heavy (non-hydrogen) atoms. The van der Waals surface area contributed by atoms with E-state index in [-0.39, 0.29) is 23.8 Å². The molecule has 0 aliphatic carbocycles. The molecular formula is C28H21F3N4O3S. The number of aromatic nitrogens is 1. The third-order valence-corrected chi connectivity index (χ3v) is 7.05. The van der Waals surface area contributed by atoms with Crippen LogP contribution in [0.3, 0.4) is 0 Å². The molecule has 0 radical (unpaired) electrons. The number of halogens is 3. The number of benzene rings is 3. The first-order chi connectivity index (χ1) is 18.6. The summed E-state index contributed by atoms with van der Waals surface area (Å²) in [5.41, 5.74) is 9.24. The van der Waals surface area contributed by atoms with Crippen LogP contribution in [0.25, 0.3) is 17.3 Å². The van der Waals surface area contributed by atoms with Gasteiger partial charge in [0, 0.05) is 29.3 Å². The number of sulfonamides is 1. The highest BCUT2D eigenvalue weighted by Gasteiger charge is 2.22. The van der Waals surface area contributed by atoms with Crippen molar-refractivity contribution in [2.75, 3.05) is 17.6 Å². The Morgan fingerprint density at radius 2 is 1.74 bits per heavy atom. The van der Waals surface area contributed by atoms with Crippen LogP contribution in [-0.2, 0) is 16.4 Å². The molecule has 4 aromatic rings. The summed E-state index contributed by atoms with van der Waals surface area (Å²) in [5.74, 6) is -2.63. The highest BCUT2D eigenvalue weighted by molar-refractivity contribution is 7.92. The fourth-order valence-corrected chi connectivity index (χ4v) is 4.85. The number of methoxy groups -OCH3 is 1. The second-order valence-corrected chi connectivity index (χ2v) is 10.0. The second-order valence-electron chi connectivity index (χ2n) is 8.36. The lowest BCUT2D eigenvalue weighted by molar-refractivity contribution is 0.400. The number of nitrogens with one attached hydrogen (secondary N) is 1. The van der Waals surface area contributed by atoms with Crippen molar-refractivity contribution in [1.82, 2.24) is 4.98 Å². The molecule has 11 heteroatoms. The van der Waals surface area contributed by atoms with Gasteiger partial charge in [-0.2, -0.15) is 5.26 Å². The summed E-state index contributed by atoms with van der Waals surface area (Å²) in [4.78, 5) is 3.63. The van der Waals surface area contributed by atoms with Gasteiger partial charge in [-0.1, -0.05) is 18.2 Å². The monoisotopic (exact) mass is 550 g/mol. The van der Waals surface area contributed by atoms with Gasteiger partial charge in [-0.25, -0.2) is 26.6 Å². The van der Waals surface area contributed by atoms with E-state index in [0.29, 0.717) is 39.7 Å². The van der Waals surface area contributed by atoms with E-state index >= 15 is 0 Å². The summed E-state index contributed by atoms with van der Waals surface area (Å²) >= 11 is 0. The van der Waals surface area contributed by atoms with Crippen LogP contribution in [0.15, 0.2) is 83.3 Å². The number of anilines is 2. The minimum absolute atomic E-state index is 0.0605. The minimum Gasteiger partial charge on any atom is -0.479 e. The second kappa shape index (κ2) is 11.3. The molecule has 1 heterocycles. The average molecular weight is 551 g/mol. The van der Waals surface area contributed by atoms with Crippen LogP contribution in [0.1, 0.15) is 11.1 Å². The number of hydrogen-bond acceptors (Lipinski definition) is 6. The van der Waals surface area contributed by atoms with Gasteiger partial charge in [0.1, 0.15) is 28.0 Å². The Balaban J connectivity index is 1.62. The van der Waals surface area contributed by atoms with Gasteiger partial charge in [0.2, 0.25) is 5.88 Å². The SMILES string of the molecule is COc1nc(-c2ccc(N)c(CC(C#N)=Cc3ccc(F)cc3)c2)ccc1NS(=O)(=O)c1ccc(F)cc1F. The Bertz CT molecular complexity index is 1720. The van der Waals surface area contributed by atoms with E-state index in [1.807, 2.05) is 0 Å². The standard InChI is InChI=1S/C28H21F3N4O3S/c1-38-28-26(35-39(36,37)27-11-7-22(30)15-23(27)31)10-9-25(34-28)19-4-8-24(33)20(14-19)13-18(16-32)12-17-2-5-21(29)6-3-17/h2-12,14-15,35H,13,33H2,1H3.